The van der Waals surface area contributed by atoms with Gasteiger partial charge in [0.25, 0.3) is 0 Å². The molecule has 2 N–H and O–H groups in total. The topological polar surface area (TPSA) is 53.6 Å². The molecule has 0 saturated carbocycles. The number of rotatable bonds is 4. The van der Waals surface area contributed by atoms with Crippen LogP contribution >= 0.6 is 0 Å². The van der Waals surface area contributed by atoms with Gasteiger partial charge in [0.1, 0.15) is 11.9 Å². The molecule has 152 valence electrons. The Bertz CT molecular complexity index is 1110. The molecule has 1 unspecified atom stereocenters. The van der Waals surface area contributed by atoms with Gasteiger partial charge in [-0.2, -0.15) is 0 Å². The molecule has 5 nitrogen and oxygen atoms in total. The quantitative estimate of drug-likeness (QED) is 0.644. The summed E-state index contributed by atoms with van der Waals surface area (Å²) in [6.07, 6.45) is -0.0187. The Morgan fingerprint density at radius 3 is 2.30 bits per heavy atom. The number of fused-ring (bicyclic) bond motifs is 2. The third kappa shape index (κ3) is 2.89. The maximum atomic E-state index is 13.2. The summed E-state index contributed by atoms with van der Waals surface area (Å²) in [5.41, 5.74) is 5.78. The molecule has 0 radical (unpaired) electrons. The number of methoxy groups -OCH3 is 1. The smallest absolute Gasteiger partial charge is 0.237 e. The van der Waals surface area contributed by atoms with E-state index >= 15 is 0 Å². The normalized spacial score (nSPS) is 18.4. The minimum atomic E-state index is -0.557. The number of benzene rings is 3. The fraction of sp³-hybridized carbons (Fsp3) is 0.240. The molecular weight excluding hydrogens is 374 g/mol. The van der Waals surface area contributed by atoms with Crippen LogP contribution in [-0.4, -0.2) is 13.0 Å². The van der Waals surface area contributed by atoms with E-state index in [9.17, 15) is 4.79 Å². The number of amides is 1. The van der Waals surface area contributed by atoms with Crippen LogP contribution in [0, 0.1) is 0 Å². The average molecular weight is 399 g/mol. The number of anilines is 3. The molecular formula is C25H25N3O2. The Morgan fingerprint density at radius 2 is 1.63 bits per heavy atom. The zero-order chi connectivity index (χ0) is 20.9. The van der Waals surface area contributed by atoms with Crippen molar-refractivity contribution in [2.24, 2.45) is 0 Å². The predicted molar refractivity (Wildman–Crippen MR) is 120 cm³/mol. The van der Waals surface area contributed by atoms with E-state index in [0.29, 0.717) is 6.54 Å². The number of nitrogens with zero attached hydrogens (tertiary/aromatic N) is 1. The maximum absolute atomic E-state index is 13.2. The van der Waals surface area contributed by atoms with E-state index in [2.05, 4.69) is 47.0 Å². The third-order valence-electron chi connectivity index (χ3n) is 6.11. The van der Waals surface area contributed by atoms with E-state index in [-0.39, 0.29) is 12.1 Å². The average Bonchev–Trinajstić information content (AvgIpc) is 3.26. The van der Waals surface area contributed by atoms with Gasteiger partial charge >= 0.3 is 0 Å². The highest BCUT2D eigenvalue weighted by Gasteiger charge is 2.45. The van der Waals surface area contributed by atoms with Gasteiger partial charge in [-0.15, -0.1) is 0 Å². The summed E-state index contributed by atoms with van der Waals surface area (Å²) < 4.78 is 5.26. The van der Waals surface area contributed by atoms with Crippen molar-refractivity contribution in [3.05, 3.63) is 83.4 Å². The second kappa shape index (κ2) is 6.80. The molecule has 0 fully saturated rings. The van der Waals surface area contributed by atoms with Crippen LogP contribution in [0.5, 0.6) is 5.75 Å². The first kappa shape index (κ1) is 18.6. The molecule has 5 heteroatoms. The lowest BCUT2D eigenvalue weighted by molar-refractivity contribution is -0.122. The van der Waals surface area contributed by atoms with Gasteiger partial charge in [0.2, 0.25) is 5.91 Å². The number of ether oxygens (including phenoxy) is 1. The fourth-order valence-corrected chi connectivity index (χ4v) is 4.35. The maximum Gasteiger partial charge on any atom is 0.237 e. The van der Waals surface area contributed by atoms with E-state index in [1.165, 1.54) is 0 Å². The van der Waals surface area contributed by atoms with Gasteiger partial charge in [-0.05, 0) is 54.8 Å². The summed E-state index contributed by atoms with van der Waals surface area (Å²) >= 11 is 0. The molecule has 0 aromatic heterocycles. The first-order valence-corrected chi connectivity index (χ1v) is 10.2. The standard InChI is InChI=1S/C25H25N3O2/c1-25(2)19-13-20-21(27-23(26-20)17-9-11-18(30-3)12-10-17)14-22(19)28(24(25)29)15-16-7-5-4-6-8-16/h4-14,23,26-27H,15H2,1-3H3. The van der Waals surface area contributed by atoms with Crippen molar-refractivity contribution in [2.45, 2.75) is 32.0 Å². The number of hydrogen-bond donors (Lipinski definition) is 2. The minimum Gasteiger partial charge on any atom is -0.497 e. The van der Waals surface area contributed by atoms with Crippen LogP contribution in [0.15, 0.2) is 66.7 Å². The summed E-state index contributed by atoms with van der Waals surface area (Å²) in [6, 6.07) is 22.4. The van der Waals surface area contributed by atoms with Crippen LogP contribution in [0.25, 0.3) is 0 Å². The van der Waals surface area contributed by atoms with Gasteiger partial charge in [-0.1, -0.05) is 42.5 Å². The Balaban J connectivity index is 1.48. The van der Waals surface area contributed by atoms with Gasteiger partial charge in [0.15, 0.2) is 0 Å². The Labute approximate surface area is 176 Å². The minimum absolute atomic E-state index is 0.0187. The molecule has 3 aromatic rings. The first-order chi connectivity index (χ1) is 14.5. The van der Waals surface area contributed by atoms with E-state index < -0.39 is 5.41 Å². The molecule has 0 bridgehead atoms. The third-order valence-corrected chi connectivity index (χ3v) is 6.11. The van der Waals surface area contributed by atoms with Crippen LogP contribution < -0.4 is 20.3 Å². The number of nitrogens with one attached hydrogen (secondary N) is 2. The number of carbonyl (C=O) groups is 1. The lowest BCUT2D eigenvalue weighted by atomic mass is 9.86. The van der Waals surface area contributed by atoms with E-state index in [1.54, 1.807) is 7.11 Å². The van der Waals surface area contributed by atoms with Crippen LogP contribution in [0.1, 0.15) is 36.7 Å². The Hall–Kier alpha value is -3.47. The first-order valence-electron chi connectivity index (χ1n) is 10.2. The van der Waals surface area contributed by atoms with Crippen molar-refractivity contribution >= 4 is 23.0 Å². The van der Waals surface area contributed by atoms with Crippen molar-refractivity contribution in [2.75, 3.05) is 22.6 Å². The van der Waals surface area contributed by atoms with E-state index in [1.807, 2.05) is 49.1 Å². The summed E-state index contributed by atoms with van der Waals surface area (Å²) in [5.74, 6) is 0.974. The molecule has 1 amide bonds. The second-order valence-electron chi connectivity index (χ2n) is 8.41. The highest BCUT2D eigenvalue weighted by Crippen LogP contribution is 2.48. The molecule has 30 heavy (non-hydrogen) atoms. The van der Waals surface area contributed by atoms with Crippen molar-refractivity contribution in [3.63, 3.8) is 0 Å². The Morgan fingerprint density at radius 1 is 0.967 bits per heavy atom. The lowest BCUT2D eigenvalue weighted by Gasteiger charge is -2.20. The monoisotopic (exact) mass is 399 g/mol. The molecule has 0 aliphatic carbocycles. The predicted octanol–water partition coefficient (Wildman–Crippen LogP) is 5.06. The number of hydrogen-bond acceptors (Lipinski definition) is 4. The Kier molecular flexibility index (Phi) is 4.21. The van der Waals surface area contributed by atoms with Crippen molar-refractivity contribution < 1.29 is 9.53 Å². The summed E-state index contributed by atoms with van der Waals surface area (Å²) in [7, 11) is 1.67. The summed E-state index contributed by atoms with van der Waals surface area (Å²) in [5, 5.41) is 7.11. The molecule has 2 heterocycles. The van der Waals surface area contributed by atoms with Crippen LogP contribution in [0.3, 0.4) is 0 Å². The second-order valence-corrected chi connectivity index (χ2v) is 8.41. The summed E-state index contributed by atoms with van der Waals surface area (Å²) in [6.45, 7) is 4.59. The highest BCUT2D eigenvalue weighted by atomic mass is 16.5. The molecule has 1 atom stereocenters. The van der Waals surface area contributed by atoms with E-state index in [4.69, 9.17) is 4.74 Å². The lowest BCUT2D eigenvalue weighted by Crippen LogP contribution is -2.35. The molecule has 2 aliphatic heterocycles. The van der Waals surface area contributed by atoms with Crippen molar-refractivity contribution in [3.8, 4) is 5.75 Å². The zero-order valence-electron chi connectivity index (χ0n) is 17.4. The zero-order valence-corrected chi connectivity index (χ0v) is 17.4. The highest BCUT2D eigenvalue weighted by molar-refractivity contribution is 6.09. The van der Waals surface area contributed by atoms with Crippen molar-refractivity contribution in [1.82, 2.24) is 0 Å². The molecule has 0 spiro atoms. The van der Waals surface area contributed by atoms with Gasteiger partial charge < -0.3 is 20.3 Å². The summed E-state index contributed by atoms with van der Waals surface area (Å²) in [4.78, 5) is 15.1. The molecule has 0 saturated heterocycles. The van der Waals surface area contributed by atoms with Gasteiger partial charge in [0, 0.05) is 0 Å². The largest absolute Gasteiger partial charge is 0.497 e. The molecule has 3 aromatic carbocycles. The fourth-order valence-electron chi connectivity index (χ4n) is 4.35. The number of carbonyl (C=O) groups excluding carboxylic acids is 1. The van der Waals surface area contributed by atoms with Gasteiger partial charge in [-0.25, -0.2) is 0 Å². The van der Waals surface area contributed by atoms with Crippen LogP contribution in [0.2, 0.25) is 0 Å². The molecule has 5 rings (SSSR count). The van der Waals surface area contributed by atoms with E-state index in [0.717, 1.165) is 39.5 Å². The molecule has 2 aliphatic rings. The van der Waals surface area contributed by atoms with Crippen LogP contribution in [0.4, 0.5) is 17.1 Å². The SMILES string of the molecule is COc1ccc(C2Nc3cc4c(cc3N2)C(C)(C)C(=O)N4Cc2ccccc2)cc1. The van der Waals surface area contributed by atoms with Crippen molar-refractivity contribution in [1.29, 1.82) is 0 Å². The van der Waals surface area contributed by atoms with Gasteiger partial charge in [-0.3, -0.25) is 4.79 Å². The van der Waals surface area contributed by atoms with Gasteiger partial charge in [0.05, 0.1) is 36.1 Å². The van der Waals surface area contributed by atoms with Crippen LogP contribution in [-0.2, 0) is 16.8 Å².